The quantitative estimate of drug-likeness (QED) is 0.581. The van der Waals surface area contributed by atoms with Crippen LogP contribution < -0.4 is 5.32 Å². The van der Waals surface area contributed by atoms with Gasteiger partial charge in [-0.15, -0.1) is 0 Å². The Balaban J connectivity index is 2.51. The van der Waals surface area contributed by atoms with E-state index in [4.69, 9.17) is 0 Å². The van der Waals surface area contributed by atoms with E-state index < -0.39 is 0 Å². The van der Waals surface area contributed by atoms with Crippen LogP contribution in [0.25, 0.3) is 0 Å². The molecule has 58 valence electrons. The van der Waals surface area contributed by atoms with Crippen molar-refractivity contribution in [3.8, 4) is 0 Å². The van der Waals surface area contributed by atoms with Gasteiger partial charge in [-0.2, -0.15) is 0 Å². The second-order valence-electron chi connectivity index (χ2n) is 2.35. The molecule has 0 unspecified atom stereocenters. The van der Waals surface area contributed by atoms with Gasteiger partial charge in [0.1, 0.15) is 0 Å². The van der Waals surface area contributed by atoms with Gasteiger partial charge in [-0.05, 0) is 12.2 Å². The van der Waals surface area contributed by atoms with Gasteiger partial charge in [0.2, 0.25) is 5.91 Å². The molecular formula is C8H9NO2. The van der Waals surface area contributed by atoms with Crippen molar-refractivity contribution < 1.29 is 9.59 Å². The molecule has 3 nitrogen and oxygen atoms in total. The van der Waals surface area contributed by atoms with Gasteiger partial charge < -0.3 is 5.32 Å². The summed E-state index contributed by atoms with van der Waals surface area (Å²) in [6.07, 6.45) is 6.20. The average Bonchev–Trinajstić information content (AvgIpc) is 1.93. The van der Waals surface area contributed by atoms with Crippen LogP contribution in [0.1, 0.15) is 6.92 Å². The van der Waals surface area contributed by atoms with Crippen LogP contribution >= 0.6 is 0 Å². The van der Waals surface area contributed by atoms with Crippen molar-refractivity contribution in [2.24, 2.45) is 0 Å². The van der Waals surface area contributed by atoms with Crippen molar-refractivity contribution in [2.45, 2.75) is 13.0 Å². The zero-order valence-corrected chi connectivity index (χ0v) is 6.20. The molecule has 0 fully saturated rings. The molecule has 1 amide bonds. The molecule has 0 aromatic carbocycles. The standard InChI is InChI=1S/C8H9NO2/c1-6(10)9-7-2-4-8(11)5-3-7/h2-5,7H,1H3,(H,9,10). The van der Waals surface area contributed by atoms with E-state index in [1.165, 1.54) is 19.1 Å². The van der Waals surface area contributed by atoms with Crippen LogP contribution in [-0.2, 0) is 9.59 Å². The molecule has 1 aliphatic rings. The van der Waals surface area contributed by atoms with Crippen molar-refractivity contribution in [1.82, 2.24) is 5.32 Å². The fourth-order valence-electron chi connectivity index (χ4n) is 0.848. The molecule has 0 saturated heterocycles. The lowest BCUT2D eigenvalue weighted by molar-refractivity contribution is -0.119. The van der Waals surface area contributed by atoms with E-state index in [0.717, 1.165) is 0 Å². The smallest absolute Gasteiger partial charge is 0.217 e. The molecule has 0 aliphatic heterocycles. The van der Waals surface area contributed by atoms with Gasteiger partial charge in [0.05, 0.1) is 6.04 Å². The first-order valence-corrected chi connectivity index (χ1v) is 3.36. The second kappa shape index (κ2) is 3.14. The lowest BCUT2D eigenvalue weighted by Crippen LogP contribution is -2.30. The minimum Gasteiger partial charge on any atom is -0.347 e. The summed E-state index contributed by atoms with van der Waals surface area (Å²) in [6, 6.07) is -0.120. The van der Waals surface area contributed by atoms with E-state index in [2.05, 4.69) is 5.32 Å². The molecule has 0 spiro atoms. The maximum atomic E-state index is 10.6. The van der Waals surface area contributed by atoms with Crippen LogP contribution in [0.15, 0.2) is 24.3 Å². The number of ketones is 1. The van der Waals surface area contributed by atoms with Crippen molar-refractivity contribution >= 4 is 11.7 Å². The van der Waals surface area contributed by atoms with Crippen molar-refractivity contribution in [1.29, 1.82) is 0 Å². The summed E-state index contributed by atoms with van der Waals surface area (Å²) >= 11 is 0. The number of allylic oxidation sites excluding steroid dienone is 2. The molecule has 1 rings (SSSR count). The molecule has 0 aromatic rings. The summed E-state index contributed by atoms with van der Waals surface area (Å²) in [4.78, 5) is 21.1. The van der Waals surface area contributed by atoms with E-state index in [0.29, 0.717) is 0 Å². The maximum absolute atomic E-state index is 10.6. The minimum atomic E-state index is -0.120. The predicted molar refractivity (Wildman–Crippen MR) is 40.9 cm³/mol. The lowest BCUT2D eigenvalue weighted by atomic mass is 10.1. The van der Waals surface area contributed by atoms with Crippen LogP contribution in [-0.4, -0.2) is 17.7 Å². The molecule has 0 bridgehead atoms. The van der Waals surface area contributed by atoms with Gasteiger partial charge in [0.25, 0.3) is 0 Å². The normalized spacial score (nSPS) is 17.0. The summed E-state index contributed by atoms with van der Waals surface area (Å²) in [5.74, 6) is -0.134. The van der Waals surface area contributed by atoms with E-state index >= 15 is 0 Å². The fourth-order valence-corrected chi connectivity index (χ4v) is 0.848. The number of nitrogens with one attached hydrogen (secondary N) is 1. The first-order valence-electron chi connectivity index (χ1n) is 3.36. The van der Waals surface area contributed by atoms with E-state index in [9.17, 15) is 9.59 Å². The van der Waals surface area contributed by atoms with Gasteiger partial charge in [0.15, 0.2) is 5.78 Å². The van der Waals surface area contributed by atoms with Crippen molar-refractivity contribution in [3.63, 3.8) is 0 Å². The highest BCUT2D eigenvalue weighted by Gasteiger charge is 2.05. The maximum Gasteiger partial charge on any atom is 0.217 e. The number of hydrogen-bond acceptors (Lipinski definition) is 2. The second-order valence-corrected chi connectivity index (χ2v) is 2.35. The molecule has 1 aliphatic carbocycles. The number of hydrogen-bond donors (Lipinski definition) is 1. The highest BCUT2D eigenvalue weighted by molar-refractivity contribution is 6.00. The molecule has 11 heavy (non-hydrogen) atoms. The Hall–Kier alpha value is -1.38. The molecular weight excluding hydrogens is 142 g/mol. The Labute approximate surface area is 64.8 Å². The fraction of sp³-hybridized carbons (Fsp3) is 0.250. The topological polar surface area (TPSA) is 46.2 Å². The predicted octanol–water partition coefficient (Wildman–Crippen LogP) is 0.186. The third-order valence-corrected chi connectivity index (χ3v) is 1.31. The zero-order valence-electron chi connectivity index (χ0n) is 6.20. The number of rotatable bonds is 1. The SMILES string of the molecule is CC(=O)NC1C=CC(=O)C=C1. The molecule has 0 heterocycles. The van der Waals surface area contributed by atoms with Crippen molar-refractivity contribution in [3.05, 3.63) is 24.3 Å². The molecule has 1 N–H and O–H groups in total. The Morgan fingerprint density at radius 1 is 1.45 bits per heavy atom. The average molecular weight is 151 g/mol. The van der Waals surface area contributed by atoms with Crippen LogP contribution in [0.5, 0.6) is 0 Å². The highest BCUT2D eigenvalue weighted by atomic mass is 16.1. The number of amides is 1. The first-order chi connectivity index (χ1) is 5.18. The summed E-state index contributed by atoms with van der Waals surface area (Å²) in [5, 5.41) is 2.64. The Morgan fingerprint density at radius 2 is 2.00 bits per heavy atom. The number of carbonyl (C=O) groups excluding carboxylic acids is 2. The van der Waals surface area contributed by atoms with Gasteiger partial charge in [-0.3, -0.25) is 9.59 Å². The van der Waals surface area contributed by atoms with E-state index in [-0.39, 0.29) is 17.7 Å². The summed E-state index contributed by atoms with van der Waals surface area (Å²) in [6.45, 7) is 1.44. The van der Waals surface area contributed by atoms with Crippen LogP contribution in [0, 0.1) is 0 Å². The summed E-state index contributed by atoms with van der Waals surface area (Å²) in [7, 11) is 0. The monoisotopic (exact) mass is 151 g/mol. The van der Waals surface area contributed by atoms with Gasteiger partial charge >= 0.3 is 0 Å². The third kappa shape index (κ3) is 2.37. The Kier molecular flexibility index (Phi) is 2.21. The Bertz CT molecular complexity index is 224. The third-order valence-electron chi connectivity index (χ3n) is 1.31. The highest BCUT2D eigenvalue weighted by Crippen LogP contribution is 1.97. The lowest BCUT2D eigenvalue weighted by Gasteiger charge is -2.10. The first kappa shape index (κ1) is 7.72. The van der Waals surface area contributed by atoms with E-state index in [1.807, 2.05) is 0 Å². The van der Waals surface area contributed by atoms with Crippen LogP contribution in [0.2, 0.25) is 0 Å². The van der Waals surface area contributed by atoms with Gasteiger partial charge in [-0.1, -0.05) is 12.2 Å². The number of carbonyl (C=O) groups is 2. The largest absolute Gasteiger partial charge is 0.347 e. The molecule has 0 radical (unpaired) electrons. The molecule has 0 saturated carbocycles. The minimum absolute atomic E-state index is 0.0356. The van der Waals surface area contributed by atoms with Gasteiger partial charge in [0, 0.05) is 6.92 Å². The van der Waals surface area contributed by atoms with E-state index in [1.54, 1.807) is 12.2 Å². The van der Waals surface area contributed by atoms with Crippen LogP contribution in [0.3, 0.4) is 0 Å². The Morgan fingerprint density at radius 3 is 2.45 bits per heavy atom. The zero-order chi connectivity index (χ0) is 8.27. The molecule has 3 heteroatoms. The molecule has 0 atom stereocenters. The summed E-state index contributed by atoms with van der Waals surface area (Å²) < 4.78 is 0. The van der Waals surface area contributed by atoms with Gasteiger partial charge in [-0.25, -0.2) is 0 Å². The molecule has 0 aromatic heterocycles. The van der Waals surface area contributed by atoms with Crippen molar-refractivity contribution in [2.75, 3.05) is 0 Å². The van der Waals surface area contributed by atoms with Crippen LogP contribution in [0.4, 0.5) is 0 Å². The summed E-state index contributed by atoms with van der Waals surface area (Å²) in [5.41, 5.74) is 0.